The number of rotatable bonds is 3. The van der Waals surface area contributed by atoms with Crippen LogP contribution in [0.15, 0.2) is 30.3 Å². The lowest BCUT2D eigenvalue weighted by Crippen LogP contribution is -2.65. The summed E-state index contributed by atoms with van der Waals surface area (Å²) in [5, 5.41) is 2.21. The third-order valence-corrected chi connectivity index (χ3v) is 6.41. The van der Waals surface area contributed by atoms with Crippen LogP contribution in [0.1, 0.15) is 84.8 Å². The lowest BCUT2D eigenvalue weighted by molar-refractivity contribution is -0.352. The summed E-state index contributed by atoms with van der Waals surface area (Å²) in [6.45, 7) is 11.1. The normalized spacial score (nSPS) is 32.9. The predicted molar refractivity (Wildman–Crippen MR) is 106 cm³/mol. The van der Waals surface area contributed by atoms with Gasteiger partial charge in [0.15, 0.2) is 5.79 Å². The fourth-order valence-corrected chi connectivity index (χ4v) is 5.65. The van der Waals surface area contributed by atoms with E-state index in [4.69, 9.17) is 14.3 Å². The number of hydrogen-bond acceptors (Lipinski definition) is 4. The second kappa shape index (κ2) is 6.84. The minimum Gasteiger partial charge on any atom is -0.344 e. The van der Waals surface area contributed by atoms with Gasteiger partial charge >= 0.3 is 0 Å². The zero-order valence-electron chi connectivity index (χ0n) is 17.5. The van der Waals surface area contributed by atoms with Crippen LogP contribution >= 0.6 is 0 Å². The maximum Gasteiger partial charge on any atom is 0.172 e. The molecule has 0 amide bonds. The van der Waals surface area contributed by atoms with Crippen LogP contribution in [0.4, 0.5) is 0 Å². The monoisotopic (exact) mass is 373 g/mol. The minimum atomic E-state index is -0.470. The van der Waals surface area contributed by atoms with Gasteiger partial charge in [-0.05, 0) is 53.0 Å². The van der Waals surface area contributed by atoms with Crippen molar-refractivity contribution in [1.29, 1.82) is 0 Å². The highest BCUT2D eigenvalue weighted by molar-refractivity contribution is 5.17. The van der Waals surface area contributed by atoms with Gasteiger partial charge in [0.05, 0.1) is 12.2 Å². The Balaban J connectivity index is 1.54. The topological polar surface area (TPSA) is 30.9 Å². The van der Waals surface area contributed by atoms with E-state index in [-0.39, 0.29) is 29.4 Å². The van der Waals surface area contributed by atoms with Crippen LogP contribution in [0.5, 0.6) is 0 Å². The van der Waals surface area contributed by atoms with Gasteiger partial charge in [-0.15, -0.1) is 0 Å². The van der Waals surface area contributed by atoms with E-state index < -0.39 is 5.79 Å². The Morgan fingerprint density at radius 2 is 1.44 bits per heavy atom. The molecule has 2 heterocycles. The molecule has 27 heavy (non-hydrogen) atoms. The molecule has 4 nitrogen and oxygen atoms in total. The molecule has 1 aromatic rings. The van der Waals surface area contributed by atoms with Gasteiger partial charge < -0.3 is 9.47 Å². The van der Waals surface area contributed by atoms with Gasteiger partial charge in [-0.2, -0.15) is 5.06 Å². The van der Waals surface area contributed by atoms with E-state index in [1.165, 1.54) is 18.4 Å². The number of nitrogens with zero attached hydrogens (tertiary/aromatic N) is 1. The van der Waals surface area contributed by atoms with E-state index in [1.807, 2.05) is 6.07 Å². The Hall–Kier alpha value is -0.940. The summed E-state index contributed by atoms with van der Waals surface area (Å²) in [6.07, 6.45) is 7.02. The van der Waals surface area contributed by atoms with Crippen LogP contribution in [0, 0.1) is 0 Å². The molecule has 4 heteroatoms. The summed E-state index contributed by atoms with van der Waals surface area (Å²) in [6, 6.07) is 10.4. The van der Waals surface area contributed by atoms with Gasteiger partial charge in [0, 0.05) is 23.9 Å². The van der Waals surface area contributed by atoms with Crippen LogP contribution in [0.3, 0.4) is 0 Å². The highest BCUT2D eigenvalue weighted by Gasteiger charge is 2.60. The molecule has 3 aliphatic rings. The summed E-state index contributed by atoms with van der Waals surface area (Å²) < 4.78 is 13.2. The third kappa shape index (κ3) is 3.69. The largest absolute Gasteiger partial charge is 0.344 e. The molecule has 0 radical (unpaired) electrons. The summed E-state index contributed by atoms with van der Waals surface area (Å²) in [7, 11) is 0. The van der Waals surface area contributed by atoms with Crippen LogP contribution in [-0.2, 0) is 14.3 Å². The van der Waals surface area contributed by atoms with E-state index in [9.17, 15) is 0 Å². The molecule has 3 atom stereocenters. The third-order valence-electron chi connectivity index (χ3n) is 6.41. The molecular weight excluding hydrogens is 338 g/mol. The average molecular weight is 374 g/mol. The smallest absolute Gasteiger partial charge is 0.172 e. The molecule has 3 unspecified atom stereocenters. The van der Waals surface area contributed by atoms with Crippen molar-refractivity contribution in [2.45, 2.75) is 108 Å². The van der Waals surface area contributed by atoms with Crippen molar-refractivity contribution >= 4 is 0 Å². The first kappa shape index (κ1) is 19.4. The number of hydrogen-bond donors (Lipinski definition) is 0. The maximum absolute atomic E-state index is 6.60. The quantitative estimate of drug-likeness (QED) is 0.711. The maximum atomic E-state index is 6.60. The zero-order chi connectivity index (χ0) is 19.3. The van der Waals surface area contributed by atoms with Crippen molar-refractivity contribution < 1.29 is 14.3 Å². The molecule has 2 saturated heterocycles. The molecule has 1 spiro atoms. The zero-order valence-corrected chi connectivity index (χ0v) is 17.5. The van der Waals surface area contributed by atoms with Gasteiger partial charge in [0.2, 0.25) is 0 Å². The molecule has 0 bridgehead atoms. The van der Waals surface area contributed by atoms with Crippen molar-refractivity contribution in [3.05, 3.63) is 35.9 Å². The van der Waals surface area contributed by atoms with Crippen LogP contribution in [-0.4, -0.2) is 34.1 Å². The molecule has 0 aromatic heterocycles. The first-order chi connectivity index (χ1) is 12.7. The standard InChI is InChI=1S/C23H35NO3/c1-17(18-11-7-6-8-12-18)27-24-21(2,3)15-23(16-22(24,4)5)25-19-13-9-10-14-20(19)26-23/h6-8,11-12,17,19-20H,9-10,13-16H2,1-5H3. The fourth-order valence-electron chi connectivity index (χ4n) is 5.65. The lowest BCUT2D eigenvalue weighted by Gasteiger charge is -2.56. The number of piperidine rings is 1. The molecule has 150 valence electrons. The van der Waals surface area contributed by atoms with Crippen molar-refractivity contribution in [3.63, 3.8) is 0 Å². The van der Waals surface area contributed by atoms with E-state index in [0.29, 0.717) is 0 Å². The first-order valence-electron chi connectivity index (χ1n) is 10.6. The Labute approximate surface area is 164 Å². The van der Waals surface area contributed by atoms with Crippen LogP contribution in [0.2, 0.25) is 0 Å². The van der Waals surface area contributed by atoms with Crippen molar-refractivity contribution in [2.75, 3.05) is 0 Å². The summed E-state index contributed by atoms with van der Waals surface area (Å²) >= 11 is 0. The van der Waals surface area contributed by atoms with E-state index in [2.05, 4.69) is 63.9 Å². The Bertz CT molecular complexity index is 623. The summed E-state index contributed by atoms with van der Waals surface area (Å²) in [5.41, 5.74) is 0.833. The SMILES string of the molecule is CC(ON1C(C)(C)CC2(CC1(C)C)OC1CCCCC1O2)c1ccccc1. The van der Waals surface area contributed by atoms with Gasteiger partial charge in [-0.3, -0.25) is 4.84 Å². The molecule has 1 aliphatic carbocycles. The molecule has 3 fully saturated rings. The van der Waals surface area contributed by atoms with Gasteiger partial charge in [0.1, 0.15) is 6.10 Å². The Morgan fingerprint density at radius 3 is 1.96 bits per heavy atom. The van der Waals surface area contributed by atoms with Crippen molar-refractivity contribution in [2.24, 2.45) is 0 Å². The highest BCUT2D eigenvalue weighted by Crippen LogP contribution is 2.52. The average Bonchev–Trinajstić information content (AvgIpc) is 2.94. The lowest BCUT2D eigenvalue weighted by atomic mass is 9.78. The Kier molecular flexibility index (Phi) is 4.91. The number of fused-ring (bicyclic) bond motifs is 1. The number of benzene rings is 1. The van der Waals surface area contributed by atoms with E-state index in [0.717, 1.165) is 25.7 Å². The summed E-state index contributed by atoms with van der Waals surface area (Å²) in [4.78, 5) is 6.55. The van der Waals surface area contributed by atoms with Gasteiger partial charge in [0.25, 0.3) is 0 Å². The van der Waals surface area contributed by atoms with Crippen LogP contribution < -0.4 is 0 Å². The molecular formula is C23H35NO3. The number of hydroxylamine groups is 2. The van der Waals surface area contributed by atoms with E-state index in [1.54, 1.807) is 0 Å². The van der Waals surface area contributed by atoms with Crippen molar-refractivity contribution in [1.82, 2.24) is 5.06 Å². The van der Waals surface area contributed by atoms with Gasteiger partial charge in [-0.1, -0.05) is 43.2 Å². The molecule has 2 aliphatic heterocycles. The molecule has 4 rings (SSSR count). The molecule has 1 aromatic carbocycles. The van der Waals surface area contributed by atoms with Crippen LogP contribution in [0.25, 0.3) is 0 Å². The molecule has 1 saturated carbocycles. The second-order valence-corrected chi connectivity index (χ2v) is 9.94. The number of ether oxygens (including phenoxy) is 2. The minimum absolute atomic E-state index is 0.00629. The van der Waals surface area contributed by atoms with Crippen molar-refractivity contribution in [3.8, 4) is 0 Å². The first-order valence-corrected chi connectivity index (χ1v) is 10.6. The Morgan fingerprint density at radius 1 is 0.926 bits per heavy atom. The predicted octanol–water partition coefficient (Wildman–Crippen LogP) is 5.39. The fraction of sp³-hybridized carbons (Fsp3) is 0.739. The second-order valence-electron chi connectivity index (χ2n) is 9.94. The van der Waals surface area contributed by atoms with E-state index >= 15 is 0 Å². The van der Waals surface area contributed by atoms with Gasteiger partial charge in [-0.25, -0.2) is 0 Å². The summed E-state index contributed by atoms with van der Waals surface area (Å²) in [5.74, 6) is -0.470. The molecule has 0 N–H and O–H groups in total. The highest BCUT2D eigenvalue weighted by atomic mass is 16.8.